The first-order valence-corrected chi connectivity index (χ1v) is 10.8. The fourth-order valence-corrected chi connectivity index (χ4v) is 5.61. The number of piperazine rings is 1. The van der Waals surface area contributed by atoms with E-state index in [1.165, 1.54) is 10.5 Å². The molecule has 2 aromatic carbocycles. The molecule has 30 heavy (non-hydrogen) atoms. The average Bonchev–Trinajstić information content (AvgIpc) is 3.17. The highest BCUT2D eigenvalue weighted by Gasteiger charge is 2.36. The molecule has 1 saturated heterocycles. The zero-order chi connectivity index (χ0) is 21.5. The van der Waals surface area contributed by atoms with Crippen LogP contribution in [0, 0.1) is 17.1 Å². The van der Waals surface area contributed by atoms with Gasteiger partial charge in [-0.15, -0.1) is 0 Å². The van der Waals surface area contributed by atoms with Crippen LogP contribution in [0.15, 0.2) is 53.6 Å². The number of aromatic amines is 1. The van der Waals surface area contributed by atoms with Gasteiger partial charge in [-0.25, -0.2) is 12.8 Å². The average molecular weight is 426 g/mol. The second kappa shape index (κ2) is 7.55. The number of benzene rings is 2. The maximum atomic E-state index is 13.9. The molecular formula is C21H19FN4O3S. The molecular weight excluding hydrogens is 407 g/mol. The molecule has 0 unspecified atom stereocenters. The van der Waals surface area contributed by atoms with Gasteiger partial charge in [0.15, 0.2) is 0 Å². The number of aromatic nitrogens is 1. The maximum Gasteiger partial charge on any atom is 0.253 e. The highest BCUT2D eigenvalue weighted by atomic mass is 32.2. The van der Waals surface area contributed by atoms with Crippen molar-refractivity contribution < 1.29 is 17.6 Å². The van der Waals surface area contributed by atoms with Crippen molar-refractivity contribution in [2.24, 2.45) is 0 Å². The summed E-state index contributed by atoms with van der Waals surface area (Å²) in [7, 11) is -3.96. The highest BCUT2D eigenvalue weighted by molar-refractivity contribution is 7.89. The number of nitrogens with one attached hydrogen (secondary N) is 1. The van der Waals surface area contributed by atoms with Crippen LogP contribution in [0.3, 0.4) is 0 Å². The van der Waals surface area contributed by atoms with Gasteiger partial charge in [0.1, 0.15) is 16.8 Å². The zero-order valence-corrected chi connectivity index (χ0v) is 17.0. The molecule has 3 aromatic rings. The molecule has 154 valence electrons. The van der Waals surface area contributed by atoms with E-state index in [1.807, 2.05) is 12.1 Å². The molecule has 1 aliphatic rings. The normalized spacial score (nSPS) is 17.8. The van der Waals surface area contributed by atoms with E-state index in [0.29, 0.717) is 5.56 Å². The second-order valence-electron chi connectivity index (χ2n) is 7.22. The van der Waals surface area contributed by atoms with Crippen LogP contribution >= 0.6 is 0 Å². The molecule has 1 amide bonds. The molecule has 1 fully saturated rings. The van der Waals surface area contributed by atoms with Crippen molar-refractivity contribution in [2.45, 2.75) is 17.9 Å². The van der Waals surface area contributed by atoms with Gasteiger partial charge < -0.3 is 9.88 Å². The van der Waals surface area contributed by atoms with Crippen LogP contribution in [-0.4, -0.2) is 54.2 Å². The molecule has 2 heterocycles. The number of fused-ring (bicyclic) bond motifs is 1. The minimum absolute atomic E-state index is 0.0396. The zero-order valence-electron chi connectivity index (χ0n) is 16.2. The third-order valence-corrected chi connectivity index (χ3v) is 7.35. The summed E-state index contributed by atoms with van der Waals surface area (Å²) in [5.74, 6) is -0.825. The summed E-state index contributed by atoms with van der Waals surface area (Å²) in [6.07, 6.45) is 1.29. The Bertz CT molecular complexity index is 1260. The Kier molecular flexibility index (Phi) is 5.05. The first-order chi connectivity index (χ1) is 14.3. The lowest BCUT2D eigenvalue weighted by Crippen LogP contribution is -2.55. The predicted octanol–water partition coefficient (Wildman–Crippen LogP) is 2.71. The number of amides is 1. The summed E-state index contributed by atoms with van der Waals surface area (Å²) in [6, 6.07) is 12.4. The number of sulfonamides is 1. The number of rotatable bonds is 3. The number of carbonyl (C=O) groups is 1. The summed E-state index contributed by atoms with van der Waals surface area (Å²) in [4.78, 5) is 17.0. The van der Waals surface area contributed by atoms with Gasteiger partial charge in [-0.3, -0.25) is 4.79 Å². The van der Waals surface area contributed by atoms with Crippen LogP contribution in [0.5, 0.6) is 0 Å². The minimum Gasteiger partial charge on any atom is -0.359 e. The van der Waals surface area contributed by atoms with Crippen LogP contribution in [0.4, 0.5) is 4.39 Å². The quantitative estimate of drug-likeness (QED) is 0.696. The second-order valence-corrected chi connectivity index (χ2v) is 9.08. The third kappa shape index (κ3) is 3.34. The van der Waals surface area contributed by atoms with Gasteiger partial charge in [0, 0.05) is 42.8 Å². The van der Waals surface area contributed by atoms with E-state index in [9.17, 15) is 22.9 Å². The van der Waals surface area contributed by atoms with E-state index in [-0.39, 0.29) is 46.9 Å². The molecule has 0 aliphatic carbocycles. The number of carbonyl (C=O) groups excluding carboxylic acids is 1. The lowest BCUT2D eigenvalue weighted by Gasteiger charge is -2.38. The lowest BCUT2D eigenvalue weighted by atomic mass is 10.1. The van der Waals surface area contributed by atoms with E-state index in [4.69, 9.17) is 0 Å². The molecule has 0 saturated carbocycles. The molecule has 1 atom stereocenters. The largest absolute Gasteiger partial charge is 0.359 e. The molecule has 7 nitrogen and oxygen atoms in total. The van der Waals surface area contributed by atoms with Crippen LogP contribution < -0.4 is 0 Å². The van der Waals surface area contributed by atoms with Crippen molar-refractivity contribution in [3.05, 3.63) is 65.6 Å². The van der Waals surface area contributed by atoms with Gasteiger partial charge in [-0.05, 0) is 31.2 Å². The molecule has 4 rings (SSSR count). The lowest BCUT2D eigenvalue weighted by molar-refractivity contribution is 0.0642. The monoisotopic (exact) mass is 426 g/mol. The van der Waals surface area contributed by atoms with Crippen LogP contribution in [-0.2, 0) is 10.0 Å². The fourth-order valence-electron chi connectivity index (χ4n) is 3.85. The molecule has 0 radical (unpaired) electrons. The topological polar surface area (TPSA) is 97.3 Å². The van der Waals surface area contributed by atoms with Crippen molar-refractivity contribution in [2.75, 3.05) is 19.6 Å². The SMILES string of the molecule is C[C@@H]1CN(C(=O)c2ccccc2)CCN1S(=O)(=O)c1c[nH]c2c(C#N)cc(F)cc12. The van der Waals surface area contributed by atoms with Crippen molar-refractivity contribution in [3.8, 4) is 6.07 Å². The fraction of sp³-hybridized carbons (Fsp3) is 0.238. The standard InChI is InChI=1S/C21H19FN4O3S/c1-14-13-25(21(27)15-5-3-2-4-6-15)7-8-26(14)30(28,29)19-12-24-20-16(11-23)9-17(22)10-18(19)20/h2-6,9-10,12,14,24H,7-8,13H2,1H3/t14-/m1/s1. The molecule has 9 heteroatoms. The van der Waals surface area contributed by atoms with Crippen molar-refractivity contribution in [3.63, 3.8) is 0 Å². The predicted molar refractivity (Wildman–Crippen MR) is 109 cm³/mol. The van der Waals surface area contributed by atoms with Crippen molar-refractivity contribution in [1.29, 1.82) is 5.26 Å². The number of H-pyrrole nitrogens is 1. The first kappa shape index (κ1) is 20.1. The molecule has 1 aliphatic heterocycles. The number of halogens is 1. The number of nitrogens with zero attached hydrogens (tertiary/aromatic N) is 3. The van der Waals surface area contributed by atoms with Crippen molar-refractivity contribution in [1.82, 2.24) is 14.2 Å². The van der Waals surface area contributed by atoms with Gasteiger partial charge in [0.2, 0.25) is 10.0 Å². The Morgan fingerprint density at radius 3 is 2.63 bits per heavy atom. The van der Waals surface area contributed by atoms with Gasteiger partial charge in [-0.2, -0.15) is 9.57 Å². The minimum atomic E-state index is -3.96. The highest BCUT2D eigenvalue weighted by Crippen LogP contribution is 2.30. The summed E-state index contributed by atoms with van der Waals surface area (Å²) < 4.78 is 41.9. The summed E-state index contributed by atoms with van der Waals surface area (Å²) in [5, 5.41) is 9.34. The van der Waals surface area contributed by atoms with Crippen LogP contribution in [0.2, 0.25) is 0 Å². The van der Waals surface area contributed by atoms with E-state index in [2.05, 4.69) is 4.98 Å². The van der Waals surface area contributed by atoms with E-state index < -0.39 is 21.9 Å². The Labute approximate surface area is 173 Å². The molecule has 0 bridgehead atoms. The number of hydrogen-bond acceptors (Lipinski definition) is 4. The summed E-state index contributed by atoms with van der Waals surface area (Å²) in [5.41, 5.74) is 0.873. The van der Waals surface area contributed by atoms with Gasteiger partial charge >= 0.3 is 0 Å². The van der Waals surface area contributed by atoms with Crippen molar-refractivity contribution >= 4 is 26.8 Å². The third-order valence-electron chi connectivity index (χ3n) is 5.30. The Morgan fingerprint density at radius 1 is 1.23 bits per heavy atom. The first-order valence-electron chi connectivity index (χ1n) is 9.40. The summed E-state index contributed by atoms with van der Waals surface area (Å²) in [6.45, 7) is 2.35. The van der Waals surface area contributed by atoms with Crippen LogP contribution in [0.25, 0.3) is 10.9 Å². The molecule has 0 spiro atoms. The van der Waals surface area contributed by atoms with Crippen LogP contribution in [0.1, 0.15) is 22.8 Å². The van der Waals surface area contributed by atoms with Gasteiger partial charge in [0.25, 0.3) is 5.91 Å². The Balaban J connectivity index is 1.62. The Hall–Kier alpha value is -3.22. The van der Waals surface area contributed by atoms with E-state index in [1.54, 1.807) is 36.1 Å². The Morgan fingerprint density at radius 2 is 1.97 bits per heavy atom. The number of nitriles is 1. The number of hydrogen-bond donors (Lipinski definition) is 1. The van der Waals surface area contributed by atoms with E-state index >= 15 is 0 Å². The smallest absolute Gasteiger partial charge is 0.253 e. The van der Waals surface area contributed by atoms with Gasteiger partial charge in [0.05, 0.1) is 11.1 Å². The van der Waals surface area contributed by atoms with E-state index in [0.717, 1.165) is 12.1 Å². The molecule has 1 N–H and O–H groups in total. The summed E-state index contributed by atoms with van der Waals surface area (Å²) >= 11 is 0. The molecule has 1 aromatic heterocycles. The van der Waals surface area contributed by atoms with Gasteiger partial charge in [-0.1, -0.05) is 18.2 Å². The maximum absolute atomic E-state index is 13.9.